The Kier molecular flexibility index (Phi) is 2.55. The Balaban J connectivity index is 2.34. The molecule has 0 fully saturated rings. The van der Waals surface area contributed by atoms with Gasteiger partial charge in [0.25, 0.3) is 0 Å². The van der Waals surface area contributed by atoms with Crippen molar-refractivity contribution < 1.29 is 4.74 Å². The van der Waals surface area contributed by atoms with E-state index in [-0.39, 0.29) is 5.41 Å². The van der Waals surface area contributed by atoms with Crippen molar-refractivity contribution in [2.75, 3.05) is 6.61 Å². The van der Waals surface area contributed by atoms with Gasteiger partial charge in [0.2, 0.25) is 0 Å². The Morgan fingerprint density at radius 2 is 1.71 bits per heavy atom. The summed E-state index contributed by atoms with van der Waals surface area (Å²) in [5, 5.41) is 0. The Bertz CT molecular complexity index is 448. The van der Waals surface area contributed by atoms with Crippen molar-refractivity contribution in [1.29, 1.82) is 0 Å². The molecule has 1 nitrogen and oxygen atoms in total. The number of rotatable bonds is 0. The molecule has 1 aliphatic heterocycles. The monoisotopic (exact) mass is 294 g/mol. The molecule has 3 rings (SSSR count). The van der Waals surface area contributed by atoms with Crippen LogP contribution in [0.2, 0.25) is 0 Å². The molecule has 0 amide bonds. The third kappa shape index (κ3) is 1.64. The van der Waals surface area contributed by atoms with Crippen LogP contribution in [-0.2, 0) is 24.7 Å². The zero-order chi connectivity index (χ0) is 12.2. The number of hydrogen-bond acceptors (Lipinski definition) is 1. The number of fused-ring (bicyclic) bond motifs is 2. The lowest BCUT2D eigenvalue weighted by molar-refractivity contribution is 0.346. The molecule has 1 aromatic carbocycles. The highest BCUT2D eigenvalue weighted by Gasteiger charge is 2.33. The summed E-state index contributed by atoms with van der Waals surface area (Å²) in [7, 11) is 0. The van der Waals surface area contributed by atoms with E-state index in [0.29, 0.717) is 0 Å². The molecule has 0 atom stereocenters. The maximum absolute atomic E-state index is 5.93. The number of halogens is 1. The van der Waals surface area contributed by atoms with Crippen molar-refractivity contribution in [3.05, 3.63) is 26.7 Å². The lowest BCUT2D eigenvalue weighted by Crippen LogP contribution is -2.16. The first-order valence-corrected chi connectivity index (χ1v) is 7.29. The molecular formula is C15H19BrO. The van der Waals surface area contributed by atoms with E-state index in [2.05, 4.69) is 36.7 Å². The average Bonchev–Trinajstić information content (AvgIpc) is 2.83. The minimum atomic E-state index is 0.184. The first-order chi connectivity index (χ1) is 8.00. The second kappa shape index (κ2) is 3.74. The van der Waals surface area contributed by atoms with Crippen molar-refractivity contribution in [3.63, 3.8) is 0 Å². The van der Waals surface area contributed by atoms with Gasteiger partial charge in [0.15, 0.2) is 0 Å². The fourth-order valence-corrected chi connectivity index (χ4v) is 4.08. The van der Waals surface area contributed by atoms with Crippen molar-refractivity contribution in [1.82, 2.24) is 0 Å². The predicted octanol–water partition coefficient (Wildman–Crippen LogP) is 4.17. The van der Waals surface area contributed by atoms with Crippen molar-refractivity contribution in [2.45, 2.75) is 51.9 Å². The second-order valence-corrected chi connectivity index (χ2v) is 6.95. The van der Waals surface area contributed by atoms with Gasteiger partial charge in [-0.05, 0) is 35.8 Å². The molecule has 2 aliphatic rings. The second-order valence-electron chi connectivity index (χ2n) is 6.16. The quantitative estimate of drug-likeness (QED) is 0.698. The summed E-state index contributed by atoms with van der Waals surface area (Å²) in [5.41, 5.74) is 6.18. The number of hydrogen-bond donors (Lipinski definition) is 0. The maximum atomic E-state index is 5.93. The summed E-state index contributed by atoms with van der Waals surface area (Å²) in [4.78, 5) is 0. The minimum Gasteiger partial charge on any atom is -0.493 e. The summed E-state index contributed by atoms with van der Waals surface area (Å²) in [5.74, 6) is 1.19. The lowest BCUT2D eigenvalue weighted by atomic mass is 9.80. The molecule has 0 N–H and O–H groups in total. The van der Waals surface area contributed by atoms with Gasteiger partial charge in [-0.3, -0.25) is 0 Å². The van der Waals surface area contributed by atoms with Crippen LogP contribution in [0, 0.1) is 0 Å². The molecule has 0 spiro atoms. The normalized spacial score (nSPS) is 17.9. The summed E-state index contributed by atoms with van der Waals surface area (Å²) < 4.78 is 7.27. The largest absolute Gasteiger partial charge is 0.493 e. The molecule has 2 heteroatoms. The van der Waals surface area contributed by atoms with Gasteiger partial charge in [0, 0.05) is 22.0 Å². The van der Waals surface area contributed by atoms with Gasteiger partial charge in [-0.2, -0.15) is 0 Å². The van der Waals surface area contributed by atoms with Crippen LogP contribution in [0.15, 0.2) is 4.47 Å². The molecule has 0 unspecified atom stereocenters. The molecule has 1 aliphatic carbocycles. The van der Waals surface area contributed by atoms with Crippen LogP contribution in [0.4, 0.5) is 0 Å². The van der Waals surface area contributed by atoms with Gasteiger partial charge in [-0.25, -0.2) is 0 Å². The van der Waals surface area contributed by atoms with E-state index in [1.54, 1.807) is 11.1 Å². The van der Waals surface area contributed by atoms with E-state index in [9.17, 15) is 0 Å². The van der Waals surface area contributed by atoms with Crippen LogP contribution in [0.5, 0.6) is 5.75 Å². The standard InChI is InChI=1S/C15H19BrO/c1-15(2,3)12-9-5-4-6-10(9)13(16)11-7-8-17-14(11)12/h4-8H2,1-3H3. The van der Waals surface area contributed by atoms with Crippen LogP contribution >= 0.6 is 15.9 Å². The predicted molar refractivity (Wildman–Crippen MR) is 74.1 cm³/mol. The van der Waals surface area contributed by atoms with E-state index in [1.807, 2.05) is 0 Å². The smallest absolute Gasteiger partial charge is 0.127 e. The van der Waals surface area contributed by atoms with Gasteiger partial charge in [0.05, 0.1) is 6.61 Å². The third-order valence-corrected chi connectivity index (χ3v) is 4.86. The zero-order valence-electron chi connectivity index (χ0n) is 10.8. The molecule has 17 heavy (non-hydrogen) atoms. The molecule has 0 radical (unpaired) electrons. The molecule has 0 saturated carbocycles. The van der Waals surface area contributed by atoms with Crippen LogP contribution in [0.3, 0.4) is 0 Å². The van der Waals surface area contributed by atoms with Crippen LogP contribution in [0.1, 0.15) is 49.4 Å². The highest BCUT2D eigenvalue weighted by atomic mass is 79.9. The van der Waals surface area contributed by atoms with Crippen molar-refractivity contribution >= 4 is 15.9 Å². The van der Waals surface area contributed by atoms with E-state index < -0.39 is 0 Å². The molecule has 0 saturated heterocycles. The van der Waals surface area contributed by atoms with Gasteiger partial charge in [-0.1, -0.05) is 36.7 Å². The van der Waals surface area contributed by atoms with Crippen molar-refractivity contribution in [2.24, 2.45) is 0 Å². The van der Waals surface area contributed by atoms with Crippen LogP contribution < -0.4 is 4.74 Å². The molecular weight excluding hydrogens is 276 g/mol. The third-order valence-electron chi connectivity index (χ3n) is 3.90. The van der Waals surface area contributed by atoms with Crippen LogP contribution in [-0.4, -0.2) is 6.61 Å². The molecule has 1 aromatic rings. The fraction of sp³-hybridized carbons (Fsp3) is 0.600. The Morgan fingerprint density at radius 1 is 1.00 bits per heavy atom. The Hall–Kier alpha value is -0.500. The van der Waals surface area contributed by atoms with E-state index in [0.717, 1.165) is 13.0 Å². The van der Waals surface area contributed by atoms with Gasteiger partial charge >= 0.3 is 0 Å². The minimum absolute atomic E-state index is 0.184. The molecule has 1 heterocycles. The Morgan fingerprint density at radius 3 is 2.41 bits per heavy atom. The molecule has 0 aromatic heterocycles. The van der Waals surface area contributed by atoms with Gasteiger partial charge in [-0.15, -0.1) is 0 Å². The van der Waals surface area contributed by atoms with E-state index in [1.165, 1.54) is 40.6 Å². The van der Waals surface area contributed by atoms with E-state index in [4.69, 9.17) is 4.74 Å². The first-order valence-electron chi connectivity index (χ1n) is 6.49. The highest BCUT2D eigenvalue weighted by Crippen LogP contribution is 2.48. The van der Waals surface area contributed by atoms with Gasteiger partial charge in [0.1, 0.15) is 5.75 Å². The summed E-state index contributed by atoms with van der Waals surface area (Å²) >= 11 is 3.80. The SMILES string of the molecule is CC(C)(C)c1c2c(c(Br)c3c1OCC3)CCC2. The van der Waals surface area contributed by atoms with Crippen LogP contribution in [0.25, 0.3) is 0 Å². The topological polar surface area (TPSA) is 9.23 Å². The van der Waals surface area contributed by atoms with E-state index >= 15 is 0 Å². The number of benzene rings is 1. The Labute approximate surface area is 112 Å². The average molecular weight is 295 g/mol. The maximum Gasteiger partial charge on any atom is 0.127 e. The van der Waals surface area contributed by atoms with Gasteiger partial charge < -0.3 is 4.74 Å². The van der Waals surface area contributed by atoms with Crippen molar-refractivity contribution in [3.8, 4) is 5.75 Å². The summed E-state index contributed by atoms with van der Waals surface area (Å²) in [6.45, 7) is 7.75. The summed E-state index contributed by atoms with van der Waals surface area (Å²) in [6, 6.07) is 0. The summed E-state index contributed by atoms with van der Waals surface area (Å²) in [6.07, 6.45) is 4.80. The first kappa shape index (κ1) is 11.6. The molecule has 92 valence electrons. The lowest BCUT2D eigenvalue weighted by Gasteiger charge is -2.26. The highest BCUT2D eigenvalue weighted by molar-refractivity contribution is 9.10. The fourth-order valence-electron chi connectivity index (χ4n) is 3.26. The zero-order valence-corrected chi connectivity index (χ0v) is 12.4. The number of ether oxygens (including phenoxy) is 1. The molecule has 0 bridgehead atoms.